The van der Waals surface area contributed by atoms with E-state index in [2.05, 4.69) is 24.0 Å². The van der Waals surface area contributed by atoms with Crippen LogP contribution in [-0.4, -0.2) is 29.0 Å². The molecular formula is C19H16N2O3. The molecule has 2 aliphatic rings. The Morgan fingerprint density at radius 2 is 1.92 bits per heavy atom. The van der Waals surface area contributed by atoms with Crippen molar-refractivity contribution in [2.45, 2.75) is 19.6 Å². The first kappa shape index (κ1) is 13.9. The first-order valence-electron chi connectivity index (χ1n) is 8.04. The highest BCUT2D eigenvalue weighted by Crippen LogP contribution is 2.44. The molecule has 0 bridgehead atoms. The standard InChI is InChI=1S/C19H16N2O3/c1-10-12-5-6-20-11(2)13(12)9-14-17-15(21-18(10)14)3-4-16(22)19(17)23-7-8-24-19/h3-6,9,20H,7-8H2,1-2H3. The number of nitrogens with one attached hydrogen (secondary N) is 1. The second-order valence-electron chi connectivity index (χ2n) is 6.34. The Hall–Kier alpha value is -2.50. The van der Waals surface area contributed by atoms with Gasteiger partial charge in [0.15, 0.2) is 0 Å². The molecule has 3 aromatic rings. The topological polar surface area (TPSA) is 64.2 Å². The number of benzene rings is 1. The summed E-state index contributed by atoms with van der Waals surface area (Å²) in [7, 11) is 0. The number of pyridine rings is 1. The maximum Gasteiger partial charge on any atom is 0.263 e. The highest BCUT2D eigenvalue weighted by Gasteiger charge is 2.50. The fraction of sp³-hybridized carbons (Fsp3) is 0.263. The van der Waals surface area contributed by atoms with E-state index in [0.717, 1.165) is 44.2 Å². The monoisotopic (exact) mass is 320 g/mol. The average molecular weight is 320 g/mol. The Morgan fingerprint density at radius 3 is 2.71 bits per heavy atom. The maximum absolute atomic E-state index is 12.6. The molecular weight excluding hydrogens is 304 g/mol. The smallest absolute Gasteiger partial charge is 0.263 e. The second-order valence-corrected chi connectivity index (χ2v) is 6.34. The van der Waals surface area contributed by atoms with E-state index >= 15 is 0 Å². The fourth-order valence-electron chi connectivity index (χ4n) is 3.88. The molecule has 1 aliphatic carbocycles. The molecule has 1 fully saturated rings. The predicted molar refractivity (Wildman–Crippen MR) is 90.7 cm³/mol. The Morgan fingerprint density at radius 1 is 1.12 bits per heavy atom. The van der Waals surface area contributed by atoms with Gasteiger partial charge in [-0.15, -0.1) is 0 Å². The molecule has 1 saturated heterocycles. The summed E-state index contributed by atoms with van der Waals surface area (Å²) in [5.41, 5.74) is 4.58. The quantitative estimate of drug-likeness (QED) is 0.691. The van der Waals surface area contributed by atoms with Crippen LogP contribution in [0.5, 0.6) is 0 Å². The van der Waals surface area contributed by atoms with Gasteiger partial charge < -0.3 is 14.5 Å². The molecule has 5 heteroatoms. The van der Waals surface area contributed by atoms with Crippen molar-refractivity contribution in [1.82, 2.24) is 9.97 Å². The summed E-state index contributed by atoms with van der Waals surface area (Å²) in [5.74, 6) is -1.50. The number of fused-ring (bicyclic) bond motifs is 5. The van der Waals surface area contributed by atoms with Gasteiger partial charge in [-0.3, -0.25) is 4.79 Å². The van der Waals surface area contributed by atoms with E-state index in [1.54, 1.807) is 6.08 Å². The van der Waals surface area contributed by atoms with E-state index in [-0.39, 0.29) is 5.78 Å². The van der Waals surface area contributed by atoms with Gasteiger partial charge in [-0.2, -0.15) is 0 Å². The zero-order valence-corrected chi connectivity index (χ0v) is 13.5. The van der Waals surface area contributed by atoms with Crippen LogP contribution in [-0.2, 0) is 20.1 Å². The van der Waals surface area contributed by atoms with Gasteiger partial charge in [0.2, 0.25) is 5.78 Å². The zero-order valence-electron chi connectivity index (χ0n) is 13.5. The van der Waals surface area contributed by atoms with Crippen LogP contribution < -0.4 is 0 Å². The molecule has 2 aromatic heterocycles. The Labute approximate surface area is 138 Å². The molecule has 5 rings (SSSR count). The predicted octanol–water partition coefficient (Wildman–Crippen LogP) is 3.13. The normalized spacial score (nSPS) is 18.8. The Kier molecular flexibility index (Phi) is 2.62. The van der Waals surface area contributed by atoms with E-state index in [4.69, 9.17) is 14.5 Å². The number of ketones is 1. The van der Waals surface area contributed by atoms with Gasteiger partial charge in [-0.25, -0.2) is 4.98 Å². The third-order valence-electron chi connectivity index (χ3n) is 5.04. The van der Waals surface area contributed by atoms with Crippen molar-refractivity contribution < 1.29 is 14.3 Å². The molecule has 0 radical (unpaired) electrons. The first-order valence-corrected chi connectivity index (χ1v) is 8.04. The van der Waals surface area contributed by atoms with Crippen LogP contribution in [0.15, 0.2) is 24.4 Å². The summed E-state index contributed by atoms with van der Waals surface area (Å²) < 4.78 is 11.6. The lowest BCUT2D eigenvalue weighted by atomic mass is 9.91. The third-order valence-corrected chi connectivity index (χ3v) is 5.04. The van der Waals surface area contributed by atoms with Crippen molar-refractivity contribution in [3.05, 3.63) is 46.9 Å². The highest BCUT2D eigenvalue weighted by molar-refractivity contribution is 6.10. The number of carbonyl (C=O) groups excluding carboxylic acids is 1. The average Bonchev–Trinajstić information content (AvgIpc) is 3.19. The number of aromatic nitrogens is 2. The number of carbonyl (C=O) groups is 1. The Balaban J connectivity index is 1.96. The van der Waals surface area contributed by atoms with E-state index < -0.39 is 5.79 Å². The van der Waals surface area contributed by atoms with E-state index in [9.17, 15) is 4.79 Å². The van der Waals surface area contributed by atoms with Crippen molar-refractivity contribution in [1.29, 1.82) is 0 Å². The van der Waals surface area contributed by atoms with Crippen molar-refractivity contribution in [3.63, 3.8) is 0 Å². The minimum absolute atomic E-state index is 0.170. The third kappa shape index (κ3) is 1.56. The second kappa shape index (κ2) is 4.53. The summed E-state index contributed by atoms with van der Waals surface area (Å²) in [4.78, 5) is 20.6. The summed E-state index contributed by atoms with van der Waals surface area (Å²) >= 11 is 0. The number of H-pyrrole nitrogens is 1. The summed E-state index contributed by atoms with van der Waals surface area (Å²) in [6.07, 6.45) is 5.21. The van der Waals surface area contributed by atoms with Gasteiger partial charge in [-0.05, 0) is 49.1 Å². The number of aryl methyl sites for hydroxylation is 2. The number of hydrogen-bond donors (Lipinski definition) is 1. The SMILES string of the molecule is Cc1[nH]ccc2c(C)c3nc4c(c3cc12)C1(OCCO1)C(=O)C=C4. The molecule has 1 aliphatic heterocycles. The largest absolute Gasteiger partial charge is 0.365 e. The van der Waals surface area contributed by atoms with Crippen molar-refractivity contribution in [2.75, 3.05) is 13.2 Å². The molecule has 3 heterocycles. The molecule has 0 atom stereocenters. The van der Waals surface area contributed by atoms with Crippen LogP contribution in [0.3, 0.4) is 0 Å². The highest BCUT2D eigenvalue weighted by atomic mass is 16.7. The molecule has 5 nitrogen and oxygen atoms in total. The lowest BCUT2D eigenvalue weighted by Gasteiger charge is -2.27. The number of rotatable bonds is 0. The van der Waals surface area contributed by atoms with Gasteiger partial charge in [0.25, 0.3) is 5.79 Å². The van der Waals surface area contributed by atoms with Gasteiger partial charge in [0, 0.05) is 22.7 Å². The lowest BCUT2D eigenvalue weighted by Crippen LogP contribution is -2.38. The molecule has 24 heavy (non-hydrogen) atoms. The van der Waals surface area contributed by atoms with E-state index in [1.807, 2.05) is 13.1 Å². The summed E-state index contributed by atoms with van der Waals surface area (Å²) in [6, 6.07) is 4.15. The molecule has 1 aromatic carbocycles. The number of nitrogens with zero attached hydrogens (tertiary/aromatic N) is 1. The van der Waals surface area contributed by atoms with Gasteiger partial charge in [0.05, 0.1) is 30.0 Å². The van der Waals surface area contributed by atoms with Crippen LogP contribution in [0.1, 0.15) is 22.5 Å². The van der Waals surface area contributed by atoms with Crippen LogP contribution in [0.4, 0.5) is 0 Å². The first-order chi connectivity index (χ1) is 11.6. The molecule has 120 valence electrons. The van der Waals surface area contributed by atoms with E-state index in [0.29, 0.717) is 13.2 Å². The fourth-order valence-corrected chi connectivity index (χ4v) is 3.88. The molecule has 0 saturated carbocycles. The van der Waals surface area contributed by atoms with Gasteiger partial charge >= 0.3 is 0 Å². The minimum atomic E-state index is -1.33. The van der Waals surface area contributed by atoms with Gasteiger partial charge in [-0.1, -0.05) is 0 Å². The molecule has 0 unspecified atom stereocenters. The summed E-state index contributed by atoms with van der Waals surface area (Å²) in [5, 5.41) is 3.20. The van der Waals surface area contributed by atoms with Crippen LogP contribution in [0.2, 0.25) is 0 Å². The van der Waals surface area contributed by atoms with Crippen LogP contribution >= 0.6 is 0 Å². The van der Waals surface area contributed by atoms with Gasteiger partial charge in [0.1, 0.15) is 0 Å². The van der Waals surface area contributed by atoms with Crippen LogP contribution in [0, 0.1) is 13.8 Å². The zero-order chi connectivity index (χ0) is 16.5. The maximum atomic E-state index is 12.6. The van der Waals surface area contributed by atoms with E-state index in [1.165, 1.54) is 6.08 Å². The number of aromatic amines is 1. The lowest BCUT2D eigenvalue weighted by molar-refractivity contribution is -0.179. The number of hydrogen-bond acceptors (Lipinski definition) is 4. The summed E-state index contributed by atoms with van der Waals surface area (Å²) in [6.45, 7) is 4.92. The molecule has 1 N–H and O–H groups in total. The molecule has 1 spiro atoms. The Bertz CT molecular complexity index is 1060. The van der Waals surface area contributed by atoms with Crippen molar-refractivity contribution >= 4 is 33.5 Å². The van der Waals surface area contributed by atoms with Crippen molar-refractivity contribution in [3.8, 4) is 0 Å². The van der Waals surface area contributed by atoms with Crippen LogP contribution in [0.25, 0.3) is 27.8 Å². The molecule has 0 amide bonds. The number of ether oxygens (including phenoxy) is 2. The minimum Gasteiger partial charge on any atom is -0.365 e. The van der Waals surface area contributed by atoms with Crippen molar-refractivity contribution in [2.24, 2.45) is 0 Å².